The first-order chi connectivity index (χ1) is 27.0. The van der Waals surface area contributed by atoms with Crippen molar-refractivity contribution in [2.24, 2.45) is 0 Å². The predicted octanol–water partition coefficient (Wildman–Crippen LogP) is 13.9. The zero-order valence-electron chi connectivity index (χ0n) is 30.9. The molecule has 0 amide bonds. The highest BCUT2D eigenvalue weighted by Gasteiger charge is 2.37. The first kappa shape index (κ1) is 32.7. The molecule has 0 bridgehead atoms. The minimum Gasteiger partial charge on any atom is -0.228 e. The Morgan fingerprint density at radius 3 is 1.49 bits per heavy atom. The van der Waals surface area contributed by atoms with Gasteiger partial charge in [-0.1, -0.05) is 190 Å². The normalized spacial score (nSPS) is 12.7. The molecule has 0 atom stereocenters. The summed E-state index contributed by atoms with van der Waals surface area (Å²) in [6.45, 7) is 4.74. The molecule has 1 heterocycles. The van der Waals surface area contributed by atoms with Gasteiger partial charge in [0.05, 0.1) is 11.4 Å². The lowest BCUT2D eigenvalue weighted by Gasteiger charge is -2.23. The third-order valence-electron chi connectivity index (χ3n) is 11.3. The first-order valence-electron chi connectivity index (χ1n) is 19.0. The highest BCUT2D eigenvalue weighted by atomic mass is 14.9. The van der Waals surface area contributed by atoms with Crippen molar-refractivity contribution in [2.75, 3.05) is 0 Å². The minimum atomic E-state index is -0.0954. The average Bonchev–Trinajstić information content (AvgIpc) is 3.49. The molecule has 1 aromatic heterocycles. The lowest BCUT2D eigenvalue weighted by molar-refractivity contribution is 0.666. The maximum Gasteiger partial charge on any atom is 0.160 e. The van der Waals surface area contributed by atoms with Gasteiger partial charge in [-0.3, -0.25) is 0 Å². The topological polar surface area (TPSA) is 25.8 Å². The maximum atomic E-state index is 5.08. The van der Waals surface area contributed by atoms with Crippen LogP contribution in [0.5, 0.6) is 0 Å². The van der Waals surface area contributed by atoms with Crippen molar-refractivity contribution in [3.05, 3.63) is 205 Å². The third kappa shape index (κ3) is 5.84. The third-order valence-corrected chi connectivity index (χ3v) is 11.3. The van der Waals surface area contributed by atoms with Gasteiger partial charge in [-0.15, -0.1) is 0 Å². The van der Waals surface area contributed by atoms with Crippen LogP contribution in [0, 0.1) is 0 Å². The van der Waals surface area contributed by atoms with Crippen LogP contribution in [0.1, 0.15) is 25.0 Å². The van der Waals surface area contributed by atoms with E-state index in [0.29, 0.717) is 5.82 Å². The van der Waals surface area contributed by atoms with Gasteiger partial charge in [-0.05, 0) is 84.6 Å². The van der Waals surface area contributed by atoms with Crippen LogP contribution in [0.15, 0.2) is 194 Å². The molecule has 0 radical (unpaired) electrons. The van der Waals surface area contributed by atoms with Crippen LogP contribution < -0.4 is 0 Å². The number of benzene rings is 8. The molecule has 0 fully saturated rings. The maximum absolute atomic E-state index is 5.08. The van der Waals surface area contributed by atoms with E-state index in [2.05, 4.69) is 184 Å². The number of aromatic nitrogens is 2. The van der Waals surface area contributed by atoms with Crippen LogP contribution in [0.4, 0.5) is 0 Å². The van der Waals surface area contributed by atoms with Crippen LogP contribution in [-0.4, -0.2) is 9.97 Å². The molecule has 1 aliphatic rings. The van der Waals surface area contributed by atoms with Crippen molar-refractivity contribution in [3.8, 4) is 78.4 Å². The number of fused-ring (bicyclic) bond motifs is 5. The fourth-order valence-corrected chi connectivity index (χ4v) is 8.41. The highest BCUT2D eigenvalue weighted by Crippen LogP contribution is 2.52. The Bertz CT molecular complexity index is 2850. The van der Waals surface area contributed by atoms with Gasteiger partial charge in [0.1, 0.15) is 0 Å². The summed E-state index contributed by atoms with van der Waals surface area (Å²) in [5, 5.41) is 2.65. The van der Waals surface area contributed by atoms with Gasteiger partial charge in [-0.25, -0.2) is 9.97 Å². The molecule has 9 aromatic rings. The van der Waals surface area contributed by atoms with Crippen LogP contribution in [0.2, 0.25) is 0 Å². The quantitative estimate of drug-likeness (QED) is 0.172. The predicted molar refractivity (Wildman–Crippen MR) is 230 cm³/mol. The van der Waals surface area contributed by atoms with E-state index in [9.17, 15) is 0 Å². The molecule has 0 saturated carbocycles. The summed E-state index contributed by atoms with van der Waals surface area (Å²) in [5.41, 5.74) is 17.5. The van der Waals surface area contributed by atoms with E-state index in [-0.39, 0.29) is 5.41 Å². The highest BCUT2D eigenvalue weighted by molar-refractivity contribution is 5.98. The molecule has 0 spiro atoms. The van der Waals surface area contributed by atoms with Crippen molar-refractivity contribution in [2.45, 2.75) is 19.3 Å². The van der Waals surface area contributed by atoms with Gasteiger partial charge in [-0.2, -0.15) is 0 Å². The van der Waals surface area contributed by atoms with E-state index in [1.54, 1.807) is 0 Å². The molecule has 0 unspecified atom stereocenters. The fourth-order valence-electron chi connectivity index (χ4n) is 8.41. The van der Waals surface area contributed by atoms with E-state index >= 15 is 0 Å². The van der Waals surface area contributed by atoms with Crippen LogP contribution in [-0.2, 0) is 5.41 Å². The first-order valence-corrected chi connectivity index (χ1v) is 19.0. The molecule has 10 rings (SSSR count). The second kappa shape index (κ2) is 13.2. The van der Waals surface area contributed by atoms with Gasteiger partial charge >= 0.3 is 0 Å². The number of hydrogen-bond donors (Lipinski definition) is 0. The number of rotatable bonds is 6. The van der Waals surface area contributed by atoms with Crippen molar-refractivity contribution in [3.63, 3.8) is 0 Å². The van der Waals surface area contributed by atoms with Crippen molar-refractivity contribution >= 4 is 10.8 Å². The number of nitrogens with zero attached hydrogens (tertiary/aromatic N) is 2. The fraction of sp³-hybridized carbons (Fsp3) is 0.0566. The molecule has 8 aromatic carbocycles. The summed E-state index contributed by atoms with van der Waals surface area (Å²) >= 11 is 0. The summed E-state index contributed by atoms with van der Waals surface area (Å²) in [7, 11) is 0. The average molecular weight is 703 g/mol. The molecule has 0 aliphatic heterocycles. The molecule has 0 saturated heterocycles. The molecular weight excluding hydrogens is 665 g/mol. The zero-order chi connectivity index (χ0) is 36.9. The van der Waals surface area contributed by atoms with Gasteiger partial charge in [0.2, 0.25) is 0 Å². The molecule has 2 nitrogen and oxygen atoms in total. The smallest absolute Gasteiger partial charge is 0.160 e. The zero-order valence-corrected chi connectivity index (χ0v) is 30.9. The van der Waals surface area contributed by atoms with Crippen molar-refractivity contribution < 1.29 is 0 Å². The van der Waals surface area contributed by atoms with E-state index in [4.69, 9.17) is 9.97 Å². The van der Waals surface area contributed by atoms with Gasteiger partial charge in [0.15, 0.2) is 5.82 Å². The standard InChI is InChI=1S/C53H38N2/c1-53(2)48-33-44(29-30-46(48)47-31-28-38-14-9-10-19-45(38)51(47)53)43-18-11-17-42(32-43)37-22-26-40(27-23-37)50-34-49(54-52(55-50)41-15-7-4-8-16-41)39-24-20-36(21-25-39)35-12-5-3-6-13-35/h3-34H,1-2H3. The lowest BCUT2D eigenvalue weighted by Crippen LogP contribution is -2.15. The van der Waals surface area contributed by atoms with Gasteiger partial charge in [0, 0.05) is 22.1 Å². The largest absolute Gasteiger partial charge is 0.228 e. The Hall–Kier alpha value is -6.90. The summed E-state index contributed by atoms with van der Waals surface area (Å²) in [4.78, 5) is 10.1. The minimum absolute atomic E-state index is 0.0954. The van der Waals surface area contributed by atoms with Gasteiger partial charge < -0.3 is 0 Å². The Kier molecular flexibility index (Phi) is 7.85. The Balaban J connectivity index is 0.972. The van der Waals surface area contributed by atoms with E-state index in [1.165, 1.54) is 66.4 Å². The second-order valence-corrected chi connectivity index (χ2v) is 15.0. The van der Waals surface area contributed by atoms with Crippen LogP contribution >= 0.6 is 0 Å². The Morgan fingerprint density at radius 2 is 0.818 bits per heavy atom. The van der Waals surface area contributed by atoms with Crippen LogP contribution in [0.3, 0.4) is 0 Å². The summed E-state index contributed by atoms with van der Waals surface area (Å²) < 4.78 is 0. The molecule has 1 aliphatic carbocycles. The van der Waals surface area contributed by atoms with E-state index < -0.39 is 0 Å². The van der Waals surface area contributed by atoms with Crippen molar-refractivity contribution in [1.29, 1.82) is 0 Å². The molecule has 2 heteroatoms. The van der Waals surface area contributed by atoms with Crippen molar-refractivity contribution in [1.82, 2.24) is 9.97 Å². The SMILES string of the molecule is CC1(C)c2cc(-c3cccc(-c4ccc(-c5cc(-c6ccc(-c7ccccc7)cc6)nc(-c6ccccc6)n5)cc4)c3)ccc2-c2ccc3ccccc3c21. The lowest BCUT2D eigenvalue weighted by atomic mass is 9.79. The summed E-state index contributed by atoms with van der Waals surface area (Å²) in [5.74, 6) is 0.714. The number of hydrogen-bond acceptors (Lipinski definition) is 2. The Labute approximate surface area is 322 Å². The second-order valence-electron chi connectivity index (χ2n) is 15.0. The summed E-state index contributed by atoms with van der Waals surface area (Å²) in [6.07, 6.45) is 0. The van der Waals surface area contributed by atoms with Crippen LogP contribution in [0.25, 0.3) is 89.2 Å². The van der Waals surface area contributed by atoms with Gasteiger partial charge in [0.25, 0.3) is 0 Å². The van der Waals surface area contributed by atoms with E-state index in [0.717, 1.165) is 28.1 Å². The Morgan fingerprint density at radius 1 is 0.345 bits per heavy atom. The molecule has 260 valence electrons. The van der Waals surface area contributed by atoms with E-state index in [1.807, 2.05) is 24.3 Å². The summed E-state index contributed by atoms with van der Waals surface area (Å²) in [6, 6.07) is 69.5. The molecular formula is C53H38N2. The molecule has 0 N–H and O–H groups in total. The molecule has 55 heavy (non-hydrogen) atoms. The monoisotopic (exact) mass is 702 g/mol.